The molecule has 1 aromatic rings. The van der Waals surface area contributed by atoms with E-state index in [9.17, 15) is 14.4 Å². The average Bonchev–Trinajstić information content (AvgIpc) is 2.44. The molecule has 0 unspecified atom stereocenters. The van der Waals surface area contributed by atoms with Gasteiger partial charge in [-0.15, -0.1) is 0 Å². The summed E-state index contributed by atoms with van der Waals surface area (Å²) < 4.78 is 5.43. The molecular weight excluding hydrogens is 288 g/mol. The molecule has 2 amide bonds. The smallest absolute Gasteiger partial charge is 0.303 e. The van der Waals surface area contributed by atoms with Gasteiger partial charge in [-0.1, -0.05) is 18.2 Å². The maximum absolute atomic E-state index is 11.6. The Labute approximate surface area is 128 Å². The molecule has 7 heteroatoms. The van der Waals surface area contributed by atoms with Crippen molar-refractivity contribution in [2.75, 3.05) is 6.61 Å². The summed E-state index contributed by atoms with van der Waals surface area (Å²) in [5.74, 6) is -1.25. The van der Waals surface area contributed by atoms with Crippen LogP contribution in [0.3, 0.4) is 0 Å². The number of carboxylic acid groups (broad SMARTS) is 1. The van der Waals surface area contributed by atoms with E-state index in [1.807, 2.05) is 32.0 Å². The van der Waals surface area contributed by atoms with Crippen LogP contribution in [0.2, 0.25) is 0 Å². The van der Waals surface area contributed by atoms with Crippen LogP contribution < -0.4 is 15.6 Å². The van der Waals surface area contributed by atoms with Crippen LogP contribution in [0.1, 0.15) is 30.4 Å². The summed E-state index contributed by atoms with van der Waals surface area (Å²) in [7, 11) is 0. The van der Waals surface area contributed by atoms with Crippen molar-refractivity contribution < 1.29 is 24.2 Å². The average molecular weight is 308 g/mol. The van der Waals surface area contributed by atoms with E-state index >= 15 is 0 Å². The molecule has 0 atom stereocenters. The van der Waals surface area contributed by atoms with Crippen molar-refractivity contribution in [3.8, 4) is 5.75 Å². The fourth-order valence-electron chi connectivity index (χ4n) is 1.80. The Bertz CT molecular complexity index is 537. The minimum absolute atomic E-state index is 0.0321. The van der Waals surface area contributed by atoms with Crippen LogP contribution in [-0.4, -0.2) is 29.5 Å². The van der Waals surface area contributed by atoms with Crippen LogP contribution in [-0.2, 0) is 14.4 Å². The number of aliphatic carboxylic acids is 1. The van der Waals surface area contributed by atoms with Gasteiger partial charge in [0.2, 0.25) is 5.91 Å². The number of para-hydroxylation sites is 1. The van der Waals surface area contributed by atoms with E-state index in [2.05, 4.69) is 10.9 Å². The maximum atomic E-state index is 11.6. The zero-order valence-corrected chi connectivity index (χ0v) is 12.6. The van der Waals surface area contributed by atoms with Crippen molar-refractivity contribution >= 4 is 17.8 Å². The molecule has 1 rings (SSSR count). The molecule has 0 saturated carbocycles. The molecule has 120 valence electrons. The van der Waals surface area contributed by atoms with Gasteiger partial charge in [-0.2, -0.15) is 0 Å². The number of carbonyl (C=O) groups excluding carboxylic acids is 2. The number of aryl methyl sites for hydroxylation is 2. The van der Waals surface area contributed by atoms with E-state index in [1.165, 1.54) is 0 Å². The molecule has 0 spiro atoms. The predicted molar refractivity (Wildman–Crippen MR) is 79.2 cm³/mol. The lowest BCUT2D eigenvalue weighted by Crippen LogP contribution is -2.43. The van der Waals surface area contributed by atoms with Gasteiger partial charge in [0.1, 0.15) is 5.75 Å². The van der Waals surface area contributed by atoms with Crippen LogP contribution in [0.25, 0.3) is 0 Å². The minimum Gasteiger partial charge on any atom is -0.483 e. The summed E-state index contributed by atoms with van der Waals surface area (Å²) in [6.45, 7) is 3.54. The van der Waals surface area contributed by atoms with Gasteiger partial charge in [0.05, 0.1) is 0 Å². The summed E-state index contributed by atoms with van der Waals surface area (Å²) in [6, 6.07) is 5.66. The highest BCUT2D eigenvalue weighted by Crippen LogP contribution is 2.21. The molecule has 0 fully saturated rings. The standard InChI is InChI=1S/C15H20N2O5/c1-10-5-3-6-11(2)15(10)22-9-13(19)17-16-12(18)7-4-8-14(20)21/h3,5-6H,4,7-9H2,1-2H3,(H,16,18)(H,17,19)(H,20,21). The highest BCUT2D eigenvalue weighted by molar-refractivity contribution is 5.83. The number of carbonyl (C=O) groups is 3. The second kappa shape index (κ2) is 8.66. The maximum Gasteiger partial charge on any atom is 0.303 e. The Hall–Kier alpha value is -2.57. The molecule has 0 saturated heterocycles. The van der Waals surface area contributed by atoms with Crippen molar-refractivity contribution in [3.63, 3.8) is 0 Å². The van der Waals surface area contributed by atoms with Gasteiger partial charge in [0.15, 0.2) is 6.61 Å². The van der Waals surface area contributed by atoms with Crippen LogP contribution in [0, 0.1) is 13.8 Å². The van der Waals surface area contributed by atoms with E-state index in [0.29, 0.717) is 5.75 Å². The topological polar surface area (TPSA) is 105 Å². The van der Waals surface area contributed by atoms with E-state index in [0.717, 1.165) is 11.1 Å². The summed E-state index contributed by atoms with van der Waals surface area (Å²) in [4.78, 5) is 33.2. The van der Waals surface area contributed by atoms with Crippen LogP contribution in [0.5, 0.6) is 5.75 Å². The number of hydrogen-bond acceptors (Lipinski definition) is 4. The quantitative estimate of drug-likeness (QED) is 0.654. The molecule has 0 radical (unpaired) electrons. The fourth-order valence-corrected chi connectivity index (χ4v) is 1.80. The number of benzene rings is 1. The zero-order chi connectivity index (χ0) is 16.5. The third-order valence-electron chi connectivity index (χ3n) is 2.89. The normalized spacial score (nSPS) is 9.91. The van der Waals surface area contributed by atoms with Crippen LogP contribution >= 0.6 is 0 Å². The van der Waals surface area contributed by atoms with Crippen molar-refractivity contribution in [3.05, 3.63) is 29.3 Å². The largest absolute Gasteiger partial charge is 0.483 e. The SMILES string of the molecule is Cc1cccc(C)c1OCC(=O)NNC(=O)CCCC(=O)O. The highest BCUT2D eigenvalue weighted by atomic mass is 16.5. The number of ether oxygens (including phenoxy) is 1. The number of carboxylic acids is 1. The fraction of sp³-hybridized carbons (Fsp3) is 0.400. The number of rotatable bonds is 7. The first-order chi connectivity index (χ1) is 10.4. The minimum atomic E-state index is -0.959. The van der Waals surface area contributed by atoms with E-state index in [1.54, 1.807) is 0 Å². The second-order valence-corrected chi connectivity index (χ2v) is 4.85. The van der Waals surface area contributed by atoms with Gasteiger partial charge in [0.25, 0.3) is 5.91 Å². The molecular formula is C15H20N2O5. The zero-order valence-electron chi connectivity index (χ0n) is 12.6. The lowest BCUT2D eigenvalue weighted by molar-refractivity contribution is -0.137. The summed E-state index contributed by atoms with van der Waals surface area (Å²) in [5, 5.41) is 8.45. The van der Waals surface area contributed by atoms with E-state index < -0.39 is 17.8 Å². The van der Waals surface area contributed by atoms with Crippen molar-refractivity contribution in [2.45, 2.75) is 33.1 Å². The first-order valence-corrected chi connectivity index (χ1v) is 6.88. The molecule has 1 aromatic carbocycles. The molecule has 7 nitrogen and oxygen atoms in total. The van der Waals surface area contributed by atoms with Crippen molar-refractivity contribution in [2.24, 2.45) is 0 Å². The number of nitrogens with one attached hydrogen (secondary N) is 2. The Balaban J connectivity index is 2.29. The molecule has 0 aromatic heterocycles. The Morgan fingerprint density at radius 3 is 2.23 bits per heavy atom. The first-order valence-electron chi connectivity index (χ1n) is 6.88. The third-order valence-corrected chi connectivity index (χ3v) is 2.89. The Kier molecular flexibility index (Phi) is 6.88. The van der Waals surface area contributed by atoms with Crippen LogP contribution in [0.4, 0.5) is 0 Å². The number of hydrazine groups is 1. The van der Waals surface area contributed by atoms with Gasteiger partial charge in [-0.05, 0) is 31.4 Å². The van der Waals surface area contributed by atoms with E-state index in [4.69, 9.17) is 9.84 Å². The van der Waals surface area contributed by atoms with Gasteiger partial charge < -0.3 is 9.84 Å². The first kappa shape index (κ1) is 17.5. The van der Waals surface area contributed by atoms with Gasteiger partial charge in [-0.3, -0.25) is 25.2 Å². The highest BCUT2D eigenvalue weighted by Gasteiger charge is 2.09. The number of amides is 2. The molecule has 0 aliphatic rings. The van der Waals surface area contributed by atoms with E-state index in [-0.39, 0.29) is 25.9 Å². The Morgan fingerprint density at radius 1 is 1.05 bits per heavy atom. The van der Waals surface area contributed by atoms with Gasteiger partial charge in [-0.25, -0.2) is 0 Å². The summed E-state index contributed by atoms with van der Waals surface area (Å²) in [6.07, 6.45) is 0.164. The predicted octanol–water partition coefficient (Wildman–Crippen LogP) is 1.08. The summed E-state index contributed by atoms with van der Waals surface area (Å²) in [5.41, 5.74) is 6.27. The van der Waals surface area contributed by atoms with Gasteiger partial charge in [0, 0.05) is 12.8 Å². The third kappa shape index (κ3) is 6.25. The number of hydrogen-bond donors (Lipinski definition) is 3. The molecule has 22 heavy (non-hydrogen) atoms. The molecule has 0 heterocycles. The molecule has 0 bridgehead atoms. The van der Waals surface area contributed by atoms with Gasteiger partial charge >= 0.3 is 5.97 Å². The Morgan fingerprint density at radius 2 is 1.64 bits per heavy atom. The summed E-state index contributed by atoms with van der Waals surface area (Å²) >= 11 is 0. The van der Waals surface area contributed by atoms with Crippen molar-refractivity contribution in [1.82, 2.24) is 10.9 Å². The van der Waals surface area contributed by atoms with Crippen molar-refractivity contribution in [1.29, 1.82) is 0 Å². The molecule has 3 N–H and O–H groups in total. The monoisotopic (exact) mass is 308 g/mol. The molecule has 0 aliphatic carbocycles. The molecule has 0 aliphatic heterocycles. The second-order valence-electron chi connectivity index (χ2n) is 4.85. The van der Waals surface area contributed by atoms with Crippen LogP contribution in [0.15, 0.2) is 18.2 Å². The lowest BCUT2D eigenvalue weighted by Gasteiger charge is -2.12. The lowest BCUT2D eigenvalue weighted by atomic mass is 10.1.